The second-order valence-corrected chi connectivity index (χ2v) is 8.95. The van der Waals surface area contributed by atoms with Crippen molar-refractivity contribution in [2.24, 2.45) is 0 Å². The normalized spacial score (nSPS) is 14.6. The Labute approximate surface area is 197 Å². The van der Waals surface area contributed by atoms with Crippen molar-refractivity contribution in [3.8, 4) is 11.3 Å². The molecular formula is C24H18BrN4O2S+. The van der Waals surface area contributed by atoms with Crippen LogP contribution in [0.5, 0.6) is 0 Å². The van der Waals surface area contributed by atoms with E-state index in [2.05, 4.69) is 20.9 Å². The third kappa shape index (κ3) is 3.45. The van der Waals surface area contributed by atoms with E-state index in [-0.39, 0.29) is 11.5 Å². The number of carbonyl (C=O) groups excluding carboxylic acids is 1. The monoisotopic (exact) mass is 505 g/mol. The van der Waals surface area contributed by atoms with E-state index in [4.69, 9.17) is 5.10 Å². The number of amides is 1. The topological polar surface area (TPSA) is 69.9 Å². The first kappa shape index (κ1) is 20.7. The summed E-state index contributed by atoms with van der Waals surface area (Å²) in [6, 6.07) is 24.3. The number of halogens is 1. The maximum absolute atomic E-state index is 13.8. The Morgan fingerprint density at radius 3 is 2.44 bits per heavy atom. The molecule has 1 aliphatic heterocycles. The van der Waals surface area contributed by atoms with Gasteiger partial charge in [0.1, 0.15) is 0 Å². The van der Waals surface area contributed by atoms with Gasteiger partial charge in [0, 0.05) is 20.7 Å². The van der Waals surface area contributed by atoms with Gasteiger partial charge in [0.2, 0.25) is 5.16 Å². The number of nitrogens with one attached hydrogen (secondary N) is 1. The highest BCUT2D eigenvalue weighted by molar-refractivity contribution is 9.10. The molecular weight excluding hydrogens is 488 g/mol. The smallest absolute Gasteiger partial charge is 0.291 e. The highest BCUT2D eigenvalue weighted by Gasteiger charge is 2.45. The molecule has 6 nitrogen and oxygen atoms in total. The number of aromatic amines is 1. The van der Waals surface area contributed by atoms with Crippen molar-refractivity contribution in [2.75, 3.05) is 11.2 Å². The van der Waals surface area contributed by atoms with Gasteiger partial charge in [0.15, 0.2) is 0 Å². The van der Waals surface area contributed by atoms with Crippen LogP contribution in [0.2, 0.25) is 0 Å². The maximum atomic E-state index is 13.8. The minimum absolute atomic E-state index is 0.170. The van der Waals surface area contributed by atoms with Gasteiger partial charge in [-0.15, -0.1) is 0 Å². The summed E-state index contributed by atoms with van der Waals surface area (Å²) < 4.78 is 2.59. The summed E-state index contributed by atoms with van der Waals surface area (Å²) in [5.41, 5.74) is 2.89. The number of H-pyrrole nitrogens is 1. The van der Waals surface area contributed by atoms with Gasteiger partial charge in [0.25, 0.3) is 12.1 Å². The average Bonchev–Trinajstić information content (AvgIpc) is 2.83. The number of benzene rings is 3. The van der Waals surface area contributed by atoms with Gasteiger partial charge in [0.05, 0.1) is 11.3 Å². The number of aromatic nitrogens is 3. The van der Waals surface area contributed by atoms with E-state index in [1.807, 2.05) is 73.0 Å². The fraction of sp³-hybridized carbons (Fsp3) is 0.0833. The van der Waals surface area contributed by atoms with Crippen molar-refractivity contribution in [1.82, 2.24) is 10.1 Å². The number of nitrogens with zero attached hydrogens (tertiary/aromatic N) is 3. The minimum Gasteiger partial charge on any atom is -0.291 e. The third-order valence-electron chi connectivity index (χ3n) is 5.36. The molecule has 1 aromatic heterocycles. The van der Waals surface area contributed by atoms with E-state index < -0.39 is 6.17 Å². The van der Waals surface area contributed by atoms with Crippen LogP contribution in [0.1, 0.15) is 22.1 Å². The molecule has 0 aliphatic carbocycles. The minimum atomic E-state index is -0.631. The lowest BCUT2D eigenvalue weighted by atomic mass is 10.0. The second kappa shape index (κ2) is 8.37. The summed E-state index contributed by atoms with van der Waals surface area (Å²) in [5.74, 6) is -0.170. The molecule has 158 valence electrons. The molecule has 3 aromatic carbocycles. The Kier molecular flexibility index (Phi) is 5.40. The lowest BCUT2D eigenvalue weighted by molar-refractivity contribution is -0.763. The Bertz CT molecular complexity index is 1370. The summed E-state index contributed by atoms with van der Waals surface area (Å²) in [7, 11) is 0. The molecule has 1 amide bonds. The molecule has 8 heteroatoms. The number of rotatable bonds is 3. The zero-order valence-electron chi connectivity index (χ0n) is 17.0. The molecule has 0 spiro atoms. The largest absolute Gasteiger partial charge is 0.325 e. The SMILES string of the molecule is CSc1n[n+]2c(c(=O)[nH]1)-c1ccccc1N(C(=O)c1ccccc1)[C@@H]2c1ccc(Br)cc1. The highest BCUT2D eigenvalue weighted by Crippen LogP contribution is 2.38. The summed E-state index contributed by atoms with van der Waals surface area (Å²) in [4.78, 5) is 31.6. The van der Waals surface area contributed by atoms with Gasteiger partial charge in [-0.05, 0) is 59.5 Å². The maximum Gasteiger partial charge on any atom is 0.325 e. The van der Waals surface area contributed by atoms with Gasteiger partial charge in [-0.2, -0.15) is 0 Å². The van der Waals surface area contributed by atoms with Gasteiger partial charge in [-0.25, -0.2) is 4.90 Å². The van der Waals surface area contributed by atoms with Crippen molar-refractivity contribution < 1.29 is 9.48 Å². The Hall–Kier alpha value is -3.23. The quantitative estimate of drug-likeness (QED) is 0.330. The molecule has 1 N–H and O–H groups in total. The molecule has 5 rings (SSSR count). The number of fused-ring (bicyclic) bond motifs is 3. The Morgan fingerprint density at radius 2 is 1.72 bits per heavy atom. The lowest BCUT2D eigenvalue weighted by Crippen LogP contribution is -2.60. The molecule has 0 fully saturated rings. The van der Waals surface area contributed by atoms with Crippen LogP contribution in [0.15, 0.2) is 93.3 Å². The number of thioether (sulfide) groups is 1. The summed E-state index contributed by atoms with van der Waals surface area (Å²) in [6.07, 6.45) is 1.22. The fourth-order valence-electron chi connectivity index (χ4n) is 3.94. The van der Waals surface area contributed by atoms with Crippen LogP contribution in [0.3, 0.4) is 0 Å². The number of hydrogen-bond donors (Lipinski definition) is 1. The van der Waals surface area contributed by atoms with Gasteiger partial charge < -0.3 is 0 Å². The molecule has 2 heterocycles. The number of anilines is 1. The first-order valence-electron chi connectivity index (χ1n) is 9.92. The average molecular weight is 506 g/mol. The molecule has 0 saturated heterocycles. The van der Waals surface area contributed by atoms with Crippen molar-refractivity contribution >= 4 is 39.3 Å². The molecule has 0 radical (unpaired) electrons. The number of hydrogen-bond acceptors (Lipinski definition) is 4. The predicted octanol–water partition coefficient (Wildman–Crippen LogP) is 4.42. The molecule has 32 heavy (non-hydrogen) atoms. The van der Waals surface area contributed by atoms with E-state index in [0.29, 0.717) is 27.7 Å². The zero-order valence-corrected chi connectivity index (χ0v) is 19.4. The summed E-state index contributed by atoms with van der Waals surface area (Å²) in [6.45, 7) is 0. The first-order valence-corrected chi connectivity index (χ1v) is 11.9. The molecule has 1 aliphatic rings. The second-order valence-electron chi connectivity index (χ2n) is 7.24. The molecule has 0 bridgehead atoms. The van der Waals surface area contributed by atoms with Crippen LogP contribution in [0.4, 0.5) is 5.69 Å². The first-order chi connectivity index (χ1) is 15.6. The molecule has 1 atom stereocenters. The van der Waals surface area contributed by atoms with E-state index in [1.165, 1.54) is 11.8 Å². The fourth-order valence-corrected chi connectivity index (χ4v) is 4.57. The number of para-hydroxylation sites is 1. The predicted molar refractivity (Wildman–Crippen MR) is 128 cm³/mol. The summed E-state index contributed by atoms with van der Waals surface area (Å²) >= 11 is 4.83. The number of carbonyl (C=O) groups is 1. The summed E-state index contributed by atoms with van der Waals surface area (Å²) in [5, 5.41) is 5.20. The Balaban J connectivity index is 1.83. The lowest BCUT2D eigenvalue weighted by Gasteiger charge is -2.32. The van der Waals surface area contributed by atoms with Crippen LogP contribution in [-0.2, 0) is 0 Å². The van der Waals surface area contributed by atoms with E-state index >= 15 is 0 Å². The van der Waals surface area contributed by atoms with Crippen molar-refractivity contribution in [3.63, 3.8) is 0 Å². The standard InChI is InChI=1S/C24H17BrN4O2S/c1-32-24-26-21(30)20-18-9-5-6-10-19(18)28(23(31)16-7-3-2-4-8-16)22(29(20)27-24)15-11-13-17(25)14-12-15/h2-14,22H,1H3/p+1/t22-/m0/s1. The molecule has 0 saturated carbocycles. The van der Waals surface area contributed by atoms with Crippen molar-refractivity contribution in [1.29, 1.82) is 0 Å². The zero-order chi connectivity index (χ0) is 22.2. The van der Waals surface area contributed by atoms with E-state index in [1.54, 1.807) is 21.7 Å². The van der Waals surface area contributed by atoms with Crippen LogP contribution in [0, 0.1) is 0 Å². The van der Waals surface area contributed by atoms with Crippen molar-refractivity contribution in [2.45, 2.75) is 11.3 Å². The van der Waals surface area contributed by atoms with Gasteiger partial charge in [-0.3, -0.25) is 14.6 Å². The Morgan fingerprint density at radius 1 is 1.03 bits per heavy atom. The van der Waals surface area contributed by atoms with Crippen LogP contribution in [-0.4, -0.2) is 22.2 Å². The van der Waals surface area contributed by atoms with Crippen LogP contribution < -0.4 is 15.1 Å². The van der Waals surface area contributed by atoms with Crippen molar-refractivity contribution in [3.05, 3.63) is 105 Å². The van der Waals surface area contributed by atoms with Gasteiger partial charge in [-0.1, -0.05) is 58.0 Å². The van der Waals surface area contributed by atoms with Crippen LogP contribution >= 0.6 is 27.7 Å². The molecule has 4 aromatic rings. The molecule has 0 unspecified atom stereocenters. The van der Waals surface area contributed by atoms with Crippen LogP contribution in [0.25, 0.3) is 11.3 Å². The van der Waals surface area contributed by atoms with Gasteiger partial charge >= 0.3 is 11.3 Å². The van der Waals surface area contributed by atoms with E-state index in [0.717, 1.165) is 10.0 Å². The van der Waals surface area contributed by atoms with E-state index in [9.17, 15) is 9.59 Å². The highest BCUT2D eigenvalue weighted by atomic mass is 79.9. The third-order valence-corrected chi connectivity index (χ3v) is 6.46.